The molecule has 1 atom stereocenters. The SMILES string of the molecule is C[C@@H]1Cc2cc(-n3nc(C(N)=O)c4c3C(=O)N(c3ccc(N5CCCCC5=O)cc3)CC4)ccc2O1. The molecule has 1 saturated heterocycles. The Kier molecular flexibility index (Phi) is 5.28. The number of amides is 3. The van der Waals surface area contributed by atoms with Crippen molar-refractivity contribution in [2.45, 2.75) is 45.1 Å². The van der Waals surface area contributed by atoms with Crippen molar-refractivity contribution in [2.75, 3.05) is 22.9 Å². The van der Waals surface area contributed by atoms with Crippen LogP contribution in [0.15, 0.2) is 42.5 Å². The first-order chi connectivity index (χ1) is 17.4. The van der Waals surface area contributed by atoms with E-state index >= 15 is 0 Å². The predicted molar refractivity (Wildman–Crippen MR) is 134 cm³/mol. The smallest absolute Gasteiger partial charge is 0.277 e. The minimum absolute atomic E-state index is 0.0864. The molecule has 0 bridgehead atoms. The van der Waals surface area contributed by atoms with Crippen molar-refractivity contribution in [3.63, 3.8) is 0 Å². The second-order valence-corrected chi connectivity index (χ2v) is 9.60. The Labute approximate surface area is 208 Å². The van der Waals surface area contributed by atoms with Gasteiger partial charge in [0.25, 0.3) is 11.8 Å². The van der Waals surface area contributed by atoms with Gasteiger partial charge in [-0.15, -0.1) is 0 Å². The van der Waals surface area contributed by atoms with Crippen molar-refractivity contribution in [2.24, 2.45) is 5.73 Å². The maximum atomic E-state index is 13.8. The van der Waals surface area contributed by atoms with Gasteiger partial charge in [-0.05, 0) is 74.2 Å². The zero-order chi connectivity index (χ0) is 25.0. The number of piperidine rings is 1. The summed E-state index contributed by atoms with van der Waals surface area (Å²) in [6.45, 7) is 3.12. The zero-order valence-electron chi connectivity index (χ0n) is 20.1. The Morgan fingerprint density at radius 3 is 2.42 bits per heavy atom. The normalized spacial score (nSPS) is 19.2. The number of rotatable bonds is 4. The van der Waals surface area contributed by atoms with Crippen LogP contribution in [0.5, 0.6) is 5.75 Å². The lowest BCUT2D eigenvalue weighted by atomic mass is 10.0. The van der Waals surface area contributed by atoms with E-state index in [0.29, 0.717) is 42.9 Å². The number of anilines is 2. The predicted octanol–water partition coefficient (Wildman–Crippen LogP) is 3.01. The fraction of sp³-hybridized carbons (Fsp3) is 0.333. The number of carbonyl (C=O) groups is 3. The minimum atomic E-state index is -0.653. The largest absolute Gasteiger partial charge is 0.490 e. The topological polar surface area (TPSA) is 111 Å². The number of benzene rings is 2. The number of aromatic nitrogens is 2. The van der Waals surface area contributed by atoms with E-state index < -0.39 is 5.91 Å². The highest BCUT2D eigenvalue weighted by Crippen LogP contribution is 2.34. The fourth-order valence-electron chi connectivity index (χ4n) is 5.42. The van der Waals surface area contributed by atoms with Gasteiger partial charge in [0.15, 0.2) is 5.69 Å². The van der Waals surface area contributed by atoms with E-state index in [4.69, 9.17) is 10.5 Å². The minimum Gasteiger partial charge on any atom is -0.490 e. The molecule has 36 heavy (non-hydrogen) atoms. The van der Waals surface area contributed by atoms with Gasteiger partial charge in [0.05, 0.1) is 5.69 Å². The zero-order valence-corrected chi connectivity index (χ0v) is 20.1. The van der Waals surface area contributed by atoms with Crippen LogP contribution in [-0.2, 0) is 17.6 Å². The maximum absolute atomic E-state index is 13.8. The average molecular weight is 486 g/mol. The molecule has 1 aromatic heterocycles. The van der Waals surface area contributed by atoms with E-state index in [1.165, 1.54) is 4.68 Å². The molecular formula is C27H27N5O4. The van der Waals surface area contributed by atoms with Crippen LogP contribution in [-0.4, -0.2) is 46.7 Å². The number of carbonyl (C=O) groups excluding carboxylic acids is 3. The molecule has 2 N–H and O–H groups in total. The van der Waals surface area contributed by atoms with Crippen molar-refractivity contribution in [3.05, 3.63) is 65.0 Å². The molecule has 3 aliphatic rings. The molecule has 6 rings (SSSR count). The van der Waals surface area contributed by atoms with Gasteiger partial charge in [0.1, 0.15) is 17.5 Å². The molecule has 0 aliphatic carbocycles. The lowest BCUT2D eigenvalue weighted by Gasteiger charge is -2.29. The van der Waals surface area contributed by atoms with E-state index in [1.807, 2.05) is 49.4 Å². The number of fused-ring (bicyclic) bond motifs is 2. The van der Waals surface area contributed by atoms with Crippen molar-refractivity contribution in [1.82, 2.24) is 9.78 Å². The summed E-state index contributed by atoms with van der Waals surface area (Å²) >= 11 is 0. The lowest BCUT2D eigenvalue weighted by Crippen LogP contribution is -2.39. The first-order valence-electron chi connectivity index (χ1n) is 12.3. The van der Waals surface area contributed by atoms with Crippen molar-refractivity contribution in [3.8, 4) is 11.4 Å². The number of nitrogens with zero attached hydrogens (tertiary/aromatic N) is 4. The molecule has 3 aromatic rings. The molecule has 0 saturated carbocycles. The van der Waals surface area contributed by atoms with Gasteiger partial charge in [0.2, 0.25) is 5.91 Å². The Balaban J connectivity index is 1.35. The highest BCUT2D eigenvalue weighted by atomic mass is 16.5. The second kappa shape index (κ2) is 8.51. The van der Waals surface area contributed by atoms with Gasteiger partial charge in [0, 0.05) is 42.9 Å². The highest BCUT2D eigenvalue weighted by molar-refractivity contribution is 6.09. The van der Waals surface area contributed by atoms with Crippen LogP contribution in [0.1, 0.15) is 58.3 Å². The van der Waals surface area contributed by atoms with E-state index in [2.05, 4.69) is 5.10 Å². The van der Waals surface area contributed by atoms with Gasteiger partial charge in [-0.25, -0.2) is 4.68 Å². The van der Waals surface area contributed by atoms with Crippen LogP contribution >= 0.6 is 0 Å². The first-order valence-corrected chi connectivity index (χ1v) is 12.3. The molecule has 3 aliphatic heterocycles. The molecule has 9 heteroatoms. The molecule has 3 amide bonds. The number of ether oxygens (including phenoxy) is 1. The number of hydrogen-bond donors (Lipinski definition) is 1. The van der Waals surface area contributed by atoms with Gasteiger partial charge in [-0.1, -0.05) is 0 Å². The maximum Gasteiger partial charge on any atom is 0.277 e. The summed E-state index contributed by atoms with van der Waals surface area (Å²) < 4.78 is 7.34. The molecule has 2 aromatic carbocycles. The van der Waals surface area contributed by atoms with Crippen LogP contribution in [0.4, 0.5) is 11.4 Å². The van der Waals surface area contributed by atoms with Crippen molar-refractivity contribution < 1.29 is 19.1 Å². The monoisotopic (exact) mass is 485 g/mol. The van der Waals surface area contributed by atoms with E-state index in [0.717, 1.165) is 42.0 Å². The van der Waals surface area contributed by atoms with Crippen molar-refractivity contribution in [1.29, 1.82) is 0 Å². The molecule has 0 spiro atoms. The van der Waals surface area contributed by atoms with Crippen LogP contribution in [0, 0.1) is 0 Å². The molecule has 4 heterocycles. The second-order valence-electron chi connectivity index (χ2n) is 9.60. The summed E-state index contributed by atoms with van der Waals surface area (Å²) in [7, 11) is 0. The highest BCUT2D eigenvalue weighted by Gasteiger charge is 2.35. The molecule has 1 fully saturated rings. The average Bonchev–Trinajstić information content (AvgIpc) is 3.45. The first kappa shape index (κ1) is 22.3. The van der Waals surface area contributed by atoms with Crippen LogP contribution in [0.25, 0.3) is 5.69 Å². The molecule has 0 unspecified atom stereocenters. The molecule has 9 nitrogen and oxygen atoms in total. The summed E-state index contributed by atoms with van der Waals surface area (Å²) in [5.41, 5.74) is 9.96. The number of primary amides is 1. The summed E-state index contributed by atoms with van der Waals surface area (Å²) in [4.78, 5) is 41.8. The quantitative estimate of drug-likeness (QED) is 0.611. The third-order valence-corrected chi connectivity index (χ3v) is 7.17. The van der Waals surface area contributed by atoms with Gasteiger partial charge in [-0.3, -0.25) is 14.4 Å². The molecular weight excluding hydrogens is 458 g/mol. The third-order valence-electron chi connectivity index (χ3n) is 7.17. The summed E-state index contributed by atoms with van der Waals surface area (Å²) in [6, 6.07) is 13.2. The number of hydrogen-bond acceptors (Lipinski definition) is 5. The summed E-state index contributed by atoms with van der Waals surface area (Å²) in [5, 5.41) is 4.48. The van der Waals surface area contributed by atoms with Gasteiger partial charge >= 0.3 is 0 Å². The van der Waals surface area contributed by atoms with Crippen molar-refractivity contribution >= 4 is 29.1 Å². The summed E-state index contributed by atoms with van der Waals surface area (Å²) in [5.74, 6) is 0.0513. The van der Waals surface area contributed by atoms with E-state index in [9.17, 15) is 14.4 Å². The van der Waals surface area contributed by atoms with Crippen LogP contribution in [0.3, 0.4) is 0 Å². The third kappa shape index (κ3) is 3.62. The Morgan fingerprint density at radius 2 is 1.69 bits per heavy atom. The molecule has 184 valence electrons. The van der Waals surface area contributed by atoms with Crippen LogP contribution in [0.2, 0.25) is 0 Å². The van der Waals surface area contributed by atoms with Gasteiger partial charge in [-0.2, -0.15) is 5.10 Å². The fourth-order valence-corrected chi connectivity index (χ4v) is 5.42. The Morgan fingerprint density at radius 1 is 0.972 bits per heavy atom. The number of nitrogens with two attached hydrogens (primary N) is 1. The Hall–Kier alpha value is -4.14. The van der Waals surface area contributed by atoms with E-state index in [-0.39, 0.29) is 23.6 Å². The summed E-state index contributed by atoms with van der Waals surface area (Å²) in [6.07, 6.45) is 3.78. The van der Waals surface area contributed by atoms with Crippen LogP contribution < -0.4 is 20.3 Å². The van der Waals surface area contributed by atoms with E-state index in [1.54, 1.807) is 9.80 Å². The Bertz CT molecular complexity index is 1390. The molecule has 0 radical (unpaired) electrons. The standard InChI is InChI=1S/C27H27N5O4/c1-16-14-17-15-20(9-10-22(17)36-16)32-25-21(24(29-32)26(28)34)11-13-31(27(25)35)19-7-5-18(6-8-19)30-12-3-2-4-23(30)33/h5-10,15-16H,2-4,11-14H2,1H3,(H2,28,34)/t16-/m1/s1. The lowest BCUT2D eigenvalue weighted by molar-refractivity contribution is -0.119. The van der Waals surface area contributed by atoms with Gasteiger partial charge < -0.3 is 20.3 Å².